The molecule has 0 spiro atoms. The molecule has 4 nitrogen and oxygen atoms in total. The molecule has 1 aromatic rings. The fourth-order valence-electron chi connectivity index (χ4n) is 1.40. The van der Waals surface area contributed by atoms with Crippen molar-refractivity contribution in [2.45, 2.75) is 17.9 Å². The Labute approximate surface area is 103 Å². The summed E-state index contributed by atoms with van der Waals surface area (Å²) in [5.74, 6) is -0.767. The minimum absolute atomic E-state index is 0.128. The molecule has 0 aliphatic carbocycles. The van der Waals surface area contributed by atoms with Crippen LogP contribution in [0.4, 0.5) is 13.2 Å². The van der Waals surface area contributed by atoms with Gasteiger partial charge in [-0.3, -0.25) is 0 Å². The number of halogens is 3. The van der Waals surface area contributed by atoms with Crippen LogP contribution in [-0.4, -0.2) is 32.7 Å². The van der Waals surface area contributed by atoms with Gasteiger partial charge in [0.25, 0.3) is 6.43 Å². The molecule has 0 aliphatic heterocycles. The average Bonchev–Trinajstić information content (AvgIpc) is 2.28. The quantitative estimate of drug-likeness (QED) is 0.881. The first-order chi connectivity index (χ1) is 8.28. The van der Waals surface area contributed by atoms with Gasteiger partial charge < -0.3 is 5.73 Å². The van der Waals surface area contributed by atoms with Gasteiger partial charge in [-0.05, 0) is 17.7 Å². The van der Waals surface area contributed by atoms with E-state index >= 15 is 0 Å². The number of nitrogens with two attached hydrogens (primary N) is 1. The minimum Gasteiger partial charge on any atom is -0.326 e. The molecule has 0 saturated carbocycles. The smallest absolute Gasteiger partial charge is 0.252 e. The summed E-state index contributed by atoms with van der Waals surface area (Å²) in [6, 6.07) is 3.06. The van der Waals surface area contributed by atoms with Crippen molar-refractivity contribution in [2.24, 2.45) is 5.73 Å². The van der Waals surface area contributed by atoms with Gasteiger partial charge in [0, 0.05) is 13.6 Å². The van der Waals surface area contributed by atoms with E-state index in [0.29, 0.717) is 4.31 Å². The summed E-state index contributed by atoms with van der Waals surface area (Å²) in [6.45, 7) is -1.08. The van der Waals surface area contributed by atoms with Crippen molar-refractivity contribution in [1.82, 2.24) is 4.31 Å². The third-order valence-corrected chi connectivity index (χ3v) is 4.24. The zero-order chi connectivity index (χ0) is 13.9. The molecule has 1 rings (SSSR count). The molecule has 0 atom stereocenters. The van der Waals surface area contributed by atoms with Crippen molar-refractivity contribution in [3.05, 3.63) is 29.6 Å². The van der Waals surface area contributed by atoms with Gasteiger partial charge >= 0.3 is 0 Å². The van der Waals surface area contributed by atoms with Gasteiger partial charge in [0.15, 0.2) is 0 Å². The minimum atomic E-state index is -4.17. The monoisotopic (exact) mass is 282 g/mol. The summed E-state index contributed by atoms with van der Waals surface area (Å²) >= 11 is 0. The van der Waals surface area contributed by atoms with Crippen LogP contribution in [0.5, 0.6) is 0 Å². The van der Waals surface area contributed by atoms with Gasteiger partial charge in [0.05, 0.1) is 11.4 Å². The molecule has 0 fully saturated rings. The van der Waals surface area contributed by atoms with Crippen molar-refractivity contribution in [2.75, 3.05) is 13.6 Å². The van der Waals surface area contributed by atoms with Crippen molar-refractivity contribution in [1.29, 1.82) is 0 Å². The Morgan fingerprint density at radius 2 is 2.00 bits per heavy atom. The van der Waals surface area contributed by atoms with Crippen LogP contribution in [0.2, 0.25) is 0 Å². The molecule has 18 heavy (non-hydrogen) atoms. The topological polar surface area (TPSA) is 63.4 Å². The van der Waals surface area contributed by atoms with E-state index < -0.39 is 28.8 Å². The Bertz CT molecular complexity index is 520. The van der Waals surface area contributed by atoms with E-state index in [2.05, 4.69) is 0 Å². The molecule has 0 heterocycles. The molecule has 0 bridgehead atoms. The van der Waals surface area contributed by atoms with Crippen LogP contribution < -0.4 is 5.73 Å². The first kappa shape index (κ1) is 14.9. The molecular weight excluding hydrogens is 269 g/mol. The maximum atomic E-state index is 13.1. The maximum Gasteiger partial charge on any atom is 0.252 e. The number of nitrogens with zero attached hydrogens (tertiary/aromatic N) is 1. The van der Waals surface area contributed by atoms with Crippen LogP contribution >= 0.6 is 0 Å². The van der Waals surface area contributed by atoms with Crippen molar-refractivity contribution >= 4 is 10.0 Å². The summed E-state index contributed by atoms with van der Waals surface area (Å²) in [5, 5.41) is 0. The van der Waals surface area contributed by atoms with E-state index in [-0.39, 0.29) is 17.0 Å². The fourth-order valence-corrected chi connectivity index (χ4v) is 2.79. The first-order valence-electron chi connectivity index (χ1n) is 5.02. The number of sulfonamides is 1. The zero-order valence-corrected chi connectivity index (χ0v) is 10.4. The van der Waals surface area contributed by atoms with Crippen LogP contribution in [0.15, 0.2) is 23.1 Å². The molecule has 8 heteroatoms. The molecule has 1 aromatic carbocycles. The third-order valence-electron chi connectivity index (χ3n) is 2.33. The molecule has 2 N–H and O–H groups in total. The van der Waals surface area contributed by atoms with E-state index in [1.807, 2.05) is 0 Å². The highest BCUT2D eigenvalue weighted by Crippen LogP contribution is 2.21. The zero-order valence-electron chi connectivity index (χ0n) is 9.61. The predicted octanol–water partition coefficient (Wildman–Crippen LogP) is 1.17. The van der Waals surface area contributed by atoms with Gasteiger partial charge in [0.2, 0.25) is 10.0 Å². The van der Waals surface area contributed by atoms with Crippen molar-refractivity contribution < 1.29 is 21.6 Å². The second-order valence-electron chi connectivity index (χ2n) is 3.63. The second-order valence-corrected chi connectivity index (χ2v) is 5.65. The van der Waals surface area contributed by atoms with Crippen LogP contribution in [-0.2, 0) is 16.6 Å². The molecule has 0 saturated heterocycles. The normalized spacial score (nSPS) is 12.4. The molecule has 0 aliphatic rings. The van der Waals surface area contributed by atoms with Gasteiger partial charge in [0.1, 0.15) is 5.82 Å². The molecule has 0 unspecified atom stereocenters. The number of hydrogen-bond donors (Lipinski definition) is 1. The highest BCUT2D eigenvalue weighted by Gasteiger charge is 2.26. The lowest BCUT2D eigenvalue weighted by Crippen LogP contribution is -2.32. The van der Waals surface area contributed by atoms with Gasteiger partial charge in [-0.25, -0.2) is 21.6 Å². The van der Waals surface area contributed by atoms with E-state index in [4.69, 9.17) is 5.73 Å². The fraction of sp³-hybridized carbons (Fsp3) is 0.400. The van der Waals surface area contributed by atoms with Crippen LogP contribution in [0, 0.1) is 5.82 Å². The molecule has 0 amide bonds. The SMILES string of the molecule is CN(CC(F)F)S(=O)(=O)c1cc(F)ccc1CN. The van der Waals surface area contributed by atoms with Crippen LogP contribution in [0.25, 0.3) is 0 Å². The average molecular weight is 282 g/mol. The highest BCUT2D eigenvalue weighted by molar-refractivity contribution is 7.89. The van der Waals surface area contributed by atoms with Gasteiger partial charge in [-0.15, -0.1) is 0 Å². The Kier molecular flexibility index (Phi) is 4.71. The lowest BCUT2D eigenvalue weighted by Gasteiger charge is -2.18. The van der Waals surface area contributed by atoms with Gasteiger partial charge in [-0.1, -0.05) is 6.07 Å². The summed E-state index contributed by atoms with van der Waals surface area (Å²) in [4.78, 5) is -0.381. The number of rotatable bonds is 5. The number of alkyl halides is 2. The highest BCUT2D eigenvalue weighted by atomic mass is 32.2. The molecule has 0 radical (unpaired) electrons. The standard InChI is InChI=1S/C10H13F3N2O2S/c1-15(6-10(12)13)18(16,17)9-4-8(11)3-2-7(9)5-14/h2-4,10H,5-6,14H2,1H3. The Morgan fingerprint density at radius 3 is 2.50 bits per heavy atom. The van der Waals surface area contributed by atoms with Crippen LogP contribution in [0.1, 0.15) is 5.56 Å². The van der Waals surface area contributed by atoms with E-state index in [1.165, 1.54) is 6.07 Å². The lowest BCUT2D eigenvalue weighted by molar-refractivity contribution is 0.126. The maximum absolute atomic E-state index is 13.1. The largest absolute Gasteiger partial charge is 0.326 e. The Morgan fingerprint density at radius 1 is 1.39 bits per heavy atom. The number of hydrogen-bond acceptors (Lipinski definition) is 3. The molecule has 0 aromatic heterocycles. The summed E-state index contributed by atoms with van der Waals surface area (Å²) in [6.07, 6.45) is -2.81. The molecule has 102 valence electrons. The van der Waals surface area contributed by atoms with Crippen molar-refractivity contribution in [3.63, 3.8) is 0 Å². The van der Waals surface area contributed by atoms with Gasteiger partial charge in [-0.2, -0.15) is 4.31 Å². The molecular formula is C10H13F3N2O2S. The Hall–Kier alpha value is -1.12. The summed E-state index contributed by atoms with van der Waals surface area (Å²) < 4.78 is 61.9. The predicted molar refractivity (Wildman–Crippen MR) is 60.1 cm³/mol. The number of benzene rings is 1. The van der Waals surface area contributed by atoms with Crippen molar-refractivity contribution in [3.8, 4) is 0 Å². The third kappa shape index (κ3) is 3.21. The van der Waals surface area contributed by atoms with E-state index in [1.54, 1.807) is 0 Å². The first-order valence-corrected chi connectivity index (χ1v) is 6.46. The Balaban J connectivity index is 3.23. The lowest BCUT2D eigenvalue weighted by atomic mass is 10.2. The van der Waals surface area contributed by atoms with E-state index in [9.17, 15) is 21.6 Å². The summed E-state index contributed by atoms with van der Waals surface area (Å²) in [5.41, 5.74) is 5.52. The van der Waals surface area contributed by atoms with E-state index in [0.717, 1.165) is 19.2 Å². The summed E-state index contributed by atoms with van der Waals surface area (Å²) in [7, 11) is -3.16. The van der Waals surface area contributed by atoms with Crippen LogP contribution in [0.3, 0.4) is 0 Å². The second kappa shape index (κ2) is 5.68.